The van der Waals surface area contributed by atoms with Gasteiger partial charge in [0.25, 0.3) is 0 Å². The molecule has 5 nitrogen and oxygen atoms in total. The van der Waals surface area contributed by atoms with Crippen LogP contribution in [0.5, 0.6) is 0 Å². The lowest BCUT2D eigenvalue weighted by atomic mass is 9.93. The molecule has 0 saturated heterocycles. The third-order valence-corrected chi connectivity index (χ3v) is 3.98. The molecule has 0 aliphatic carbocycles. The average molecular weight is 289 g/mol. The number of carbonyl (C=O) groups is 1. The minimum Gasteiger partial charge on any atom is -0.467 e. The number of benzene rings is 1. The van der Waals surface area contributed by atoms with E-state index in [1.807, 2.05) is 30.3 Å². The van der Waals surface area contributed by atoms with Crippen LogP contribution >= 0.6 is 11.8 Å². The van der Waals surface area contributed by atoms with Crippen molar-refractivity contribution in [3.8, 4) is 0 Å². The highest BCUT2D eigenvalue weighted by Crippen LogP contribution is 2.27. The topological polar surface area (TPSA) is 78.1 Å². The molecule has 0 saturated carbocycles. The molecule has 1 aromatic carbocycles. The summed E-state index contributed by atoms with van der Waals surface area (Å²) in [5.41, 5.74) is 5.80. The zero-order valence-electron chi connectivity index (χ0n) is 11.0. The quantitative estimate of drug-likeness (QED) is 0.512. The number of methoxy groups -OCH3 is 1. The summed E-state index contributed by atoms with van der Waals surface area (Å²) in [6.45, 7) is 0. The molecule has 2 rings (SSSR count). The molecule has 6 heteroatoms. The van der Waals surface area contributed by atoms with Gasteiger partial charge in [0.15, 0.2) is 0 Å². The fourth-order valence-corrected chi connectivity index (χ4v) is 2.67. The van der Waals surface area contributed by atoms with Gasteiger partial charge in [-0.1, -0.05) is 30.3 Å². The van der Waals surface area contributed by atoms with Gasteiger partial charge < -0.3 is 10.5 Å². The molecule has 2 N–H and O–H groups in total. The highest BCUT2D eigenvalue weighted by Gasteiger charge is 2.37. The molecule has 1 aromatic heterocycles. The van der Waals surface area contributed by atoms with Gasteiger partial charge in [0.1, 0.15) is 11.9 Å². The summed E-state index contributed by atoms with van der Waals surface area (Å²) in [6, 6.07) is 11.0. The van der Waals surface area contributed by atoms with Crippen LogP contribution in [0.15, 0.2) is 53.9 Å². The van der Waals surface area contributed by atoms with Crippen LogP contribution in [0.3, 0.4) is 0 Å². The molecular formula is C14H15N3O2S. The van der Waals surface area contributed by atoms with Crippen molar-refractivity contribution in [2.24, 2.45) is 5.73 Å². The molecular weight excluding hydrogens is 274 g/mol. The second kappa shape index (κ2) is 6.49. The van der Waals surface area contributed by atoms with E-state index < -0.39 is 11.5 Å². The van der Waals surface area contributed by atoms with Crippen molar-refractivity contribution < 1.29 is 9.53 Å². The Hall–Kier alpha value is -1.92. The number of nitrogens with zero attached hydrogens (tertiary/aromatic N) is 2. The van der Waals surface area contributed by atoms with Crippen molar-refractivity contribution >= 4 is 17.7 Å². The fraction of sp³-hybridized carbons (Fsp3) is 0.214. The van der Waals surface area contributed by atoms with E-state index in [9.17, 15) is 4.79 Å². The second-order valence-electron chi connectivity index (χ2n) is 4.17. The molecule has 20 heavy (non-hydrogen) atoms. The zero-order valence-corrected chi connectivity index (χ0v) is 11.8. The van der Waals surface area contributed by atoms with Crippen molar-refractivity contribution in [3.05, 3.63) is 54.5 Å². The number of thioether (sulfide) groups is 1. The molecule has 0 bridgehead atoms. The second-order valence-corrected chi connectivity index (χ2v) is 5.16. The van der Waals surface area contributed by atoms with Gasteiger partial charge >= 0.3 is 5.97 Å². The predicted octanol–water partition coefficient (Wildman–Crippen LogP) is 1.60. The van der Waals surface area contributed by atoms with E-state index >= 15 is 0 Å². The number of hydrogen-bond acceptors (Lipinski definition) is 6. The normalized spacial score (nSPS) is 13.5. The van der Waals surface area contributed by atoms with Crippen molar-refractivity contribution in [2.75, 3.05) is 12.9 Å². The smallest absolute Gasteiger partial charge is 0.331 e. The number of rotatable bonds is 5. The zero-order chi connectivity index (χ0) is 14.4. The Morgan fingerprint density at radius 1 is 1.35 bits per heavy atom. The lowest BCUT2D eigenvalue weighted by Crippen LogP contribution is -2.48. The maximum atomic E-state index is 12.1. The van der Waals surface area contributed by atoms with E-state index in [1.54, 1.807) is 12.3 Å². The maximum Gasteiger partial charge on any atom is 0.331 e. The SMILES string of the molecule is COC(=O)C(N)(CSc1ccncn1)c1ccccc1. The van der Waals surface area contributed by atoms with Gasteiger partial charge in [-0.3, -0.25) is 0 Å². The monoisotopic (exact) mass is 289 g/mol. The summed E-state index contributed by atoms with van der Waals surface area (Å²) < 4.78 is 4.85. The summed E-state index contributed by atoms with van der Waals surface area (Å²) in [7, 11) is 1.34. The van der Waals surface area contributed by atoms with Crippen LogP contribution in [0.4, 0.5) is 0 Å². The van der Waals surface area contributed by atoms with Crippen molar-refractivity contribution in [3.63, 3.8) is 0 Å². The minimum atomic E-state index is -1.20. The Morgan fingerprint density at radius 2 is 2.10 bits per heavy atom. The van der Waals surface area contributed by atoms with Crippen LogP contribution in [0.2, 0.25) is 0 Å². The maximum absolute atomic E-state index is 12.1. The standard InChI is InChI=1S/C14H15N3O2S/c1-19-13(18)14(15,11-5-3-2-4-6-11)9-20-12-7-8-16-10-17-12/h2-8,10H,9,15H2,1H3. The highest BCUT2D eigenvalue weighted by molar-refractivity contribution is 7.99. The molecule has 0 spiro atoms. The lowest BCUT2D eigenvalue weighted by molar-refractivity contribution is -0.146. The molecule has 0 aliphatic rings. The van der Waals surface area contributed by atoms with Gasteiger partial charge in [0, 0.05) is 11.9 Å². The minimum absolute atomic E-state index is 0.334. The van der Waals surface area contributed by atoms with E-state index in [2.05, 4.69) is 9.97 Å². The summed E-state index contributed by atoms with van der Waals surface area (Å²) in [5.74, 6) is -0.133. The van der Waals surface area contributed by atoms with Gasteiger partial charge in [-0.05, 0) is 11.6 Å². The van der Waals surface area contributed by atoms with Crippen LogP contribution < -0.4 is 5.73 Å². The molecule has 104 valence electrons. The Bertz CT molecular complexity index is 565. The van der Waals surface area contributed by atoms with E-state index in [1.165, 1.54) is 25.2 Å². The van der Waals surface area contributed by atoms with E-state index in [0.717, 1.165) is 5.03 Å². The molecule has 0 radical (unpaired) electrons. The van der Waals surface area contributed by atoms with E-state index in [-0.39, 0.29) is 0 Å². The Morgan fingerprint density at radius 3 is 2.70 bits per heavy atom. The van der Waals surface area contributed by atoms with Gasteiger partial charge in [-0.2, -0.15) is 0 Å². The molecule has 1 unspecified atom stereocenters. The third-order valence-electron chi connectivity index (χ3n) is 2.84. The first-order valence-corrected chi connectivity index (χ1v) is 6.97. The van der Waals surface area contributed by atoms with Gasteiger partial charge in [-0.25, -0.2) is 14.8 Å². The fourth-order valence-electron chi connectivity index (χ4n) is 1.73. The summed E-state index contributed by atoms with van der Waals surface area (Å²) in [6.07, 6.45) is 3.11. The van der Waals surface area contributed by atoms with E-state index in [0.29, 0.717) is 11.3 Å². The van der Waals surface area contributed by atoms with Crippen LogP contribution in [0, 0.1) is 0 Å². The molecule has 0 aliphatic heterocycles. The van der Waals surface area contributed by atoms with Crippen molar-refractivity contribution in [2.45, 2.75) is 10.6 Å². The Kier molecular flexibility index (Phi) is 4.70. The highest BCUT2D eigenvalue weighted by atomic mass is 32.2. The van der Waals surface area contributed by atoms with Crippen LogP contribution in [-0.4, -0.2) is 28.8 Å². The number of ether oxygens (including phenoxy) is 1. The first-order chi connectivity index (χ1) is 9.66. The number of hydrogen-bond donors (Lipinski definition) is 1. The number of esters is 1. The number of carbonyl (C=O) groups excluding carboxylic acids is 1. The first kappa shape index (κ1) is 14.5. The van der Waals surface area contributed by atoms with Gasteiger partial charge in [-0.15, -0.1) is 11.8 Å². The van der Waals surface area contributed by atoms with Gasteiger partial charge in [0.05, 0.1) is 12.1 Å². The van der Waals surface area contributed by atoms with Crippen LogP contribution in [-0.2, 0) is 15.1 Å². The van der Waals surface area contributed by atoms with Crippen LogP contribution in [0.1, 0.15) is 5.56 Å². The molecule has 0 amide bonds. The Labute approximate surface area is 121 Å². The van der Waals surface area contributed by atoms with Crippen LogP contribution in [0.25, 0.3) is 0 Å². The molecule has 0 fully saturated rings. The Balaban J connectivity index is 2.22. The largest absolute Gasteiger partial charge is 0.467 e. The summed E-state index contributed by atoms with van der Waals surface area (Å²) in [5, 5.41) is 0.759. The van der Waals surface area contributed by atoms with Crippen molar-refractivity contribution in [1.82, 2.24) is 9.97 Å². The average Bonchev–Trinajstić information content (AvgIpc) is 2.53. The number of nitrogens with two attached hydrogens (primary N) is 1. The summed E-state index contributed by atoms with van der Waals surface area (Å²) in [4.78, 5) is 20.0. The predicted molar refractivity (Wildman–Crippen MR) is 77.1 cm³/mol. The van der Waals surface area contributed by atoms with E-state index in [4.69, 9.17) is 10.5 Å². The molecule has 2 aromatic rings. The summed E-state index contributed by atoms with van der Waals surface area (Å²) >= 11 is 1.39. The lowest BCUT2D eigenvalue weighted by Gasteiger charge is -2.26. The van der Waals surface area contributed by atoms with Gasteiger partial charge in [0.2, 0.25) is 0 Å². The third kappa shape index (κ3) is 3.15. The molecule has 1 atom stereocenters. The van der Waals surface area contributed by atoms with Crippen molar-refractivity contribution in [1.29, 1.82) is 0 Å². The number of aromatic nitrogens is 2. The first-order valence-electron chi connectivity index (χ1n) is 5.98. The molecule has 1 heterocycles.